The van der Waals surface area contributed by atoms with Gasteiger partial charge in [-0.1, -0.05) is 25.1 Å². The number of amides is 1. The second-order valence-electron chi connectivity index (χ2n) is 5.81. The van der Waals surface area contributed by atoms with Gasteiger partial charge in [-0.2, -0.15) is 4.31 Å². The summed E-state index contributed by atoms with van der Waals surface area (Å²) in [5.74, 6) is -0.137. The Bertz CT molecular complexity index is 619. The van der Waals surface area contributed by atoms with Gasteiger partial charge in [-0.05, 0) is 31.5 Å². The Hall–Kier alpha value is -1.15. The predicted molar refractivity (Wildman–Crippen MR) is 96.8 cm³/mol. The fourth-order valence-electron chi connectivity index (χ4n) is 2.80. The van der Waals surface area contributed by atoms with E-state index in [-0.39, 0.29) is 35.8 Å². The Morgan fingerprint density at radius 1 is 1.29 bits per heavy atom. The van der Waals surface area contributed by atoms with Gasteiger partial charge in [0.25, 0.3) is 0 Å². The van der Waals surface area contributed by atoms with Gasteiger partial charge < -0.3 is 10.2 Å². The van der Waals surface area contributed by atoms with Gasteiger partial charge in [-0.15, -0.1) is 12.4 Å². The van der Waals surface area contributed by atoms with E-state index in [1.807, 2.05) is 11.8 Å². The van der Waals surface area contributed by atoms with Crippen LogP contribution in [0.2, 0.25) is 0 Å². The highest BCUT2D eigenvalue weighted by atomic mass is 35.5. The van der Waals surface area contributed by atoms with E-state index in [9.17, 15) is 13.2 Å². The van der Waals surface area contributed by atoms with Crippen LogP contribution in [-0.4, -0.2) is 62.8 Å². The van der Waals surface area contributed by atoms with Crippen molar-refractivity contribution in [2.75, 3.05) is 33.2 Å². The number of nitrogens with one attached hydrogen (secondary N) is 1. The maximum Gasteiger partial charge on any atom is 0.243 e. The minimum Gasteiger partial charge on any atom is -0.337 e. The van der Waals surface area contributed by atoms with E-state index in [1.54, 1.807) is 30.3 Å². The summed E-state index contributed by atoms with van der Waals surface area (Å²) in [5, 5.41) is 3.25. The van der Waals surface area contributed by atoms with E-state index in [0.29, 0.717) is 6.54 Å². The number of nitrogens with zero attached hydrogens (tertiary/aromatic N) is 2. The standard InChI is InChI=1S/C16H25N3O3S.ClH/c1-3-11-19(14-9-10-17-12-14)16(20)13-18(2)23(21,22)15-7-5-4-6-8-15;/h4-8,14,17H,3,9-13H2,1-2H3;1H. The lowest BCUT2D eigenvalue weighted by atomic mass is 10.2. The number of benzene rings is 1. The van der Waals surface area contributed by atoms with Crippen molar-refractivity contribution >= 4 is 28.3 Å². The van der Waals surface area contributed by atoms with Crippen molar-refractivity contribution in [3.05, 3.63) is 30.3 Å². The van der Waals surface area contributed by atoms with Gasteiger partial charge in [-0.3, -0.25) is 4.79 Å². The van der Waals surface area contributed by atoms with Gasteiger partial charge in [0.1, 0.15) is 0 Å². The number of sulfonamides is 1. The zero-order chi connectivity index (χ0) is 16.9. The summed E-state index contributed by atoms with van der Waals surface area (Å²) in [4.78, 5) is 14.6. The smallest absolute Gasteiger partial charge is 0.243 e. The minimum atomic E-state index is -3.64. The van der Waals surface area contributed by atoms with Crippen LogP contribution in [0, 0.1) is 0 Å². The molecule has 136 valence electrons. The first-order valence-electron chi connectivity index (χ1n) is 7.98. The topological polar surface area (TPSA) is 69.7 Å². The van der Waals surface area contributed by atoms with E-state index in [2.05, 4.69) is 5.32 Å². The van der Waals surface area contributed by atoms with Crippen molar-refractivity contribution in [3.8, 4) is 0 Å². The van der Waals surface area contributed by atoms with Crippen LogP contribution in [0.1, 0.15) is 19.8 Å². The Morgan fingerprint density at radius 3 is 2.50 bits per heavy atom. The van der Waals surface area contributed by atoms with Gasteiger partial charge in [0.05, 0.1) is 11.4 Å². The second kappa shape index (κ2) is 9.36. The van der Waals surface area contributed by atoms with E-state index < -0.39 is 10.0 Å². The van der Waals surface area contributed by atoms with Gasteiger partial charge in [0.2, 0.25) is 15.9 Å². The van der Waals surface area contributed by atoms with Crippen molar-refractivity contribution in [3.63, 3.8) is 0 Å². The van der Waals surface area contributed by atoms with E-state index >= 15 is 0 Å². The van der Waals surface area contributed by atoms with Gasteiger partial charge in [0.15, 0.2) is 0 Å². The lowest BCUT2D eigenvalue weighted by molar-refractivity contribution is -0.133. The normalized spacial score (nSPS) is 17.5. The van der Waals surface area contributed by atoms with Crippen LogP contribution in [0.4, 0.5) is 0 Å². The molecule has 6 nitrogen and oxygen atoms in total. The van der Waals surface area contributed by atoms with Gasteiger partial charge >= 0.3 is 0 Å². The number of hydrogen-bond acceptors (Lipinski definition) is 4. The quantitative estimate of drug-likeness (QED) is 0.780. The number of likely N-dealkylation sites (N-methyl/N-ethyl adjacent to an activating group) is 1. The molecule has 0 spiro atoms. The first kappa shape index (κ1) is 20.9. The summed E-state index contributed by atoms with van der Waals surface area (Å²) >= 11 is 0. The van der Waals surface area contributed by atoms with Gasteiger partial charge in [-0.25, -0.2) is 8.42 Å². The maximum atomic E-state index is 12.6. The summed E-state index contributed by atoms with van der Waals surface area (Å²) in [7, 11) is -2.18. The molecular formula is C16H26ClN3O3S. The van der Waals surface area contributed by atoms with Crippen molar-refractivity contribution in [2.45, 2.75) is 30.7 Å². The van der Waals surface area contributed by atoms with Crippen LogP contribution < -0.4 is 5.32 Å². The third-order valence-corrected chi connectivity index (χ3v) is 5.89. The summed E-state index contributed by atoms with van der Waals surface area (Å²) < 4.78 is 26.2. The number of carbonyl (C=O) groups excluding carboxylic acids is 1. The van der Waals surface area contributed by atoms with Crippen molar-refractivity contribution < 1.29 is 13.2 Å². The minimum absolute atomic E-state index is 0. The molecule has 1 fully saturated rings. The molecule has 0 bridgehead atoms. The van der Waals surface area contributed by atoms with Crippen LogP contribution in [0.15, 0.2) is 35.2 Å². The molecule has 1 unspecified atom stereocenters. The number of hydrogen-bond donors (Lipinski definition) is 1. The molecule has 0 saturated carbocycles. The molecule has 1 aliphatic rings. The zero-order valence-electron chi connectivity index (χ0n) is 14.1. The molecule has 1 N–H and O–H groups in total. The molecule has 8 heteroatoms. The highest BCUT2D eigenvalue weighted by molar-refractivity contribution is 7.89. The second-order valence-corrected chi connectivity index (χ2v) is 7.85. The number of rotatable bonds is 7. The van der Waals surface area contributed by atoms with E-state index in [1.165, 1.54) is 7.05 Å². The molecule has 2 rings (SSSR count). The van der Waals surface area contributed by atoms with Crippen molar-refractivity contribution in [1.82, 2.24) is 14.5 Å². The fourth-order valence-corrected chi connectivity index (χ4v) is 3.94. The van der Waals surface area contributed by atoms with Crippen LogP contribution in [-0.2, 0) is 14.8 Å². The van der Waals surface area contributed by atoms with Crippen molar-refractivity contribution in [1.29, 1.82) is 0 Å². The Kier molecular flexibility index (Phi) is 8.15. The SMILES string of the molecule is CCCN(C(=O)CN(C)S(=O)(=O)c1ccccc1)C1CCNC1.Cl. The van der Waals surface area contributed by atoms with Crippen LogP contribution in [0.25, 0.3) is 0 Å². The fraction of sp³-hybridized carbons (Fsp3) is 0.562. The molecule has 0 aliphatic carbocycles. The first-order valence-corrected chi connectivity index (χ1v) is 9.42. The molecule has 1 heterocycles. The highest BCUT2D eigenvalue weighted by Crippen LogP contribution is 2.15. The predicted octanol–water partition coefficient (Wildman–Crippen LogP) is 1.33. The molecule has 1 saturated heterocycles. The number of halogens is 1. The maximum absolute atomic E-state index is 12.6. The Labute approximate surface area is 150 Å². The summed E-state index contributed by atoms with van der Waals surface area (Å²) in [6, 6.07) is 8.37. The molecule has 0 radical (unpaired) electrons. The molecule has 1 aromatic rings. The van der Waals surface area contributed by atoms with Crippen LogP contribution in [0.5, 0.6) is 0 Å². The lowest BCUT2D eigenvalue weighted by Gasteiger charge is -2.30. The average molecular weight is 376 g/mol. The molecule has 24 heavy (non-hydrogen) atoms. The number of carbonyl (C=O) groups is 1. The molecule has 1 amide bonds. The van der Waals surface area contributed by atoms with Crippen LogP contribution >= 0.6 is 12.4 Å². The molecule has 0 aromatic heterocycles. The highest BCUT2D eigenvalue weighted by Gasteiger charge is 2.29. The van der Waals surface area contributed by atoms with Gasteiger partial charge in [0, 0.05) is 26.2 Å². The van der Waals surface area contributed by atoms with Crippen LogP contribution in [0.3, 0.4) is 0 Å². The summed E-state index contributed by atoms with van der Waals surface area (Å²) in [6.07, 6.45) is 1.78. The molecule has 1 aliphatic heterocycles. The molecular weight excluding hydrogens is 350 g/mol. The summed E-state index contributed by atoms with van der Waals surface area (Å²) in [6.45, 7) is 4.22. The monoisotopic (exact) mass is 375 g/mol. The Morgan fingerprint density at radius 2 is 1.96 bits per heavy atom. The lowest BCUT2D eigenvalue weighted by Crippen LogP contribution is -2.47. The average Bonchev–Trinajstić information content (AvgIpc) is 3.07. The third-order valence-electron chi connectivity index (χ3n) is 4.07. The molecule has 1 atom stereocenters. The Balaban J connectivity index is 0.00000288. The first-order chi connectivity index (χ1) is 11.0. The summed E-state index contributed by atoms with van der Waals surface area (Å²) in [5.41, 5.74) is 0. The van der Waals surface area contributed by atoms with Crippen molar-refractivity contribution in [2.24, 2.45) is 0 Å². The van der Waals surface area contributed by atoms with E-state index in [0.717, 1.165) is 30.2 Å². The zero-order valence-corrected chi connectivity index (χ0v) is 15.8. The van der Waals surface area contributed by atoms with E-state index in [4.69, 9.17) is 0 Å². The largest absolute Gasteiger partial charge is 0.337 e. The molecule has 1 aromatic carbocycles. The third kappa shape index (κ3) is 4.92.